The minimum atomic E-state index is -0.432. The Kier molecular flexibility index (Phi) is 3.57. The second-order valence-electron chi connectivity index (χ2n) is 5.87. The van der Waals surface area contributed by atoms with Crippen LogP contribution in [0.5, 0.6) is 0 Å². The molecule has 6 heteroatoms. The van der Waals surface area contributed by atoms with E-state index in [1.165, 1.54) is 5.06 Å². The smallest absolute Gasteiger partial charge is 0.283 e. The maximum atomic E-state index is 12.3. The molecule has 124 valence electrons. The Balaban J connectivity index is 1.65. The summed E-state index contributed by atoms with van der Waals surface area (Å²) < 4.78 is 2.02. The fraction of sp³-hybridized carbons (Fsp3) is 0.105. The van der Waals surface area contributed by atoms with E-state index in [4.69, 9.17) is 10.2 Å². The van der Waals surface area contributed by atoms with E-state index in [0.29, 0.717) is 18.1 Å². The van der Waals surface area contributed by atoms with Crippen molar-refractivity contribution in [3.8, 4) is 0 Å². The molecule has 4 rings (SSSR count). The highest BCUT2D eigenvalue weighted by atomic mass is 16.7. The van der Waals surface area contributed by atoms with Crippen LogP contribution < -0.4 is 0 Å². The van der Waals surface area contributed by atoms with Gasteiger partial charge in [0.2, 0.25) is 0 Å². The number of fused-ring (bicyclic) bond motifs is 1. The number of aromatic nitrogens is 1. The van der Waals surface area contributed by atoms with Crippen LogP contribution in [0.2, 0.25) is 0 Å². The number of carbonyl (C=O) groups excluding carboxylic acids is 1. The first-order chi connectivity index (χ1) is 12.1. The van der Waals surface area contributed by atoms with Crippen molar-refractivity contribution in [3.05, 3.63) is 77.3 Å². The minimum Gasteiger partial charge on any atom is -0.376 e. The lowest BCUT2D eigenvalue weighted by atomic mass is 10.1. The highest BCUT2D eigenvalue weighted by Gasteiger charge is 2.34. The van der Waals surface area contributed by atoms with Gasteiger partial charge in [0, 0.05) is 24.5 Å². The summed E-state index contributed by atoms with van der Waals surface area (Å²) in [7, 11) is 0. The van der Waals surface area contributed by atoms with Crippen LogP contribution in [-0.4, -0.2) is 27.2 Å². The Morgan fingerprint density at radius 3 is 2.80 bits per heavy atom. The van der Waals surface area contributed by atoms with Crippen LogP contribution >= 0.6 is 0 Å². The Morgan fingerprint density at radius 2 is 2.00 bits per heavy atom. The molecule has 0 saturated carbocycles. The Morgan fingerprint density at radius 1 is 1.20 bits per heavy atom. The number of benzene rings is 1. The van der Waals surface area contributed by atoms with Crippen LogP contribution in [0.4, 0.5) is 0 Å². The molecule has 25 heavy (non-hydrogen) atoms. The van der Waals surface area contributed by atoms with Crippen molar-refractivity contribution in [2.75, 3.05) is 0 Å². The first kappa shape index (κ1) is 15.1. The third-order valence-electron chi connectivity index (χ3n) is 4.03. The third-order valence-corrected chi connectivity index (χ3v) is 4.03. The van der Waals surface area contributed by atoms with Crippen LogP contribution in [0.15, 0.2) is 71.1 Å². The summed E-state index contributed by atoms with van der Waals surface area (Å²) in [4.78, 5) is 21.8. The van der Waals surface area contributed by atoms with E-state index in [9.17, 15) is 4.79 Å². The first-order valence-electron chi connectivity index (χ1n) is 7.91. The van der Waals surface area contributed by atoms with E-state index in [2.05, 4.69) is 4.99 Å². The van der Waals surface area contributed by atoms with Gasteiger partial charge in [-0.3, -0.25) is 10.2 Å². The Hall–Kier alpha value is -3.41. The number of nitrogens with one attached hydrogen (secondary N) is 1. The van der Waals surface area contributed by atoms with Gasteiger partial charge in [0.05, 0.1) is 5.57 Å². The van der Waals surface area contributed by atoms with Crippen molar-refractivity contribution in [3.63, 3.8) is 0 Å². The summed E-state index contributed by atoms with van der Waals surface area (Å²) in [5, 5.41) is 9.55. The fourth-order valence-electron chi connectivity index (χ4n) is 2.83. The summed E-state index contributed by atoms with van der Waals surface area (Å²) in [6.45, 7) is 2.44. The van der Waals surface area contributed by atoms with Gasteiger partial charge in [0.25, 0.3) is 5.91 Å². The minimum absolute atomic E-state index is 0.00411. The van der Waals surface area contributed by atoms with Gasteiger partial charge in [-0.15, -0.1) is 5.06 Å². The standard InChI is InChI=1S/C19H16N4O2/c1-13-10-17-21-19(24)16(18(20)23(17)25-13)11-15-8-5-9-22(15)12-14-6-3-2-4-7-14/h2-11,20H,12H2,1H3. The molecule has 1 amide bonds. The Bertz CT molecular complexity index is 951. The summed E-state index contributed by atoms with van der Waals surface area (Å²) in [6.07, 6.45) is 5.27. The van der Waals surface area contributed by atoms with E-state index in [0.717, 1.165) is 11.3 Å². The van der Waals surface area contributed by atoms with Gasteiger partial charge >= 0.3 is 0 Å². The van der Waals surface area contributed by atoms with Crippen LogP contribution in [0.3, 0.4) is 0 Å². The molecule has 0 atom stereocenters. The predicted molar refractivity (Wildman–Crippen MR) is 94.8 cm³/mol. The largest absolute Gasteiger partial charge is 0.376 e. The number of amides is 1. The summed E-state index contributed by atoms with van der Waals surface area (Å²) in [5.74, 6) is 0.517. The molecule has 0 radical (unpaired) electrons. The maximum Gasteiger partial charge on any atom is 0.283 e. The van der Waals surface area contributed by atoms with Gasteiger partial charge in [-0.2, -0.15) is 4.99 Å². The van der Waals surface area contributed by atoms with Crippen molar-refractivity contribution >= 4 is 23.7 Å². The van der Waals surface area contributed by atoms with Crippen LogP contribution in [0, 0.1) is 5.41 Å². The topological polar surface area (TPSA) is 70.7 Å². The van der Waals surface area contributed by atoms with Gasteiger partial charge in [-0.25, -0.2) is 0 Å². The van der Waals surface area contributed by atoms with E-state index >= 15 is 0 Å². The van der Waals surface area contributed by atoms with Crippen molar-refractivity contribution in [2.24, 2.45) is 4.99 Å². The highest BCUT2D eigenvalue weighted by molar-refractivity contribution is 6.32. The normalized spacial score (nSPS) is 18.1. The average molecular weight is 332 g/mol. The molecule has 0 bridgehead atoms. The van der Waals surface area contributed by atoms with E-state index in [-0.39, 0.29) is 11.4 Å². The lowest BCUT2D eigenvalue weighted by Gasteiger charge is -2.23. The second-order valence-corrected chi connectivity index (χ2v) is 5.87. The molecule has 2 aliphatic heterocycles. The molecule has 6 nitrogen and oxygen atoms in total. The fourth-order valence-corrected chi connectivity index (χ4v) is 2.83. The number of nitrogens with zero attached hydrogens (tertiary/aromatic N) is 3. The summed E-state index contributed by atoms with van der Waals surface area (Å²) in [6, 6.07) is 13.9. The maximum absolute atomic E-state index is 12.3. The third kappa shape index (κ3) is 2.78. The van der Waals surface area contributed by atoms with Gasteiger partial charge < -0.3 is 9.40 Å². The molecule has 0 saturated heterocycles. The molecular weight excluding hydrogens is 316 g/mol. The number of hydroxylamine groups is 2. The van der Waals surface area contributed by atoms with E-state index in [1.54, 1.807) is 19.1 Å². The highest BCUT2D eigenvalue weighted by Crippen LogP contribution is 2.23. The van der Waals surface area contributed by atoms with Gasteiger partial charge in [0.15, 0.2) is 11.7 Å². The molecule has 0 spiro atoms. The van der Waals surface area contributed by atoms with Crippen molar-refractivity contribution in [2.45, 2.75) is 13.5 Å². The number of rotatable bonds is 3. The number of aliphatic imine (C=N–C) groups is 1. The molecule has 1 N–H and O–H groups in total. The number of allylic oxidation sites excluding steroid dienone is 1. The monoisotopic (exact) mass is 332 g/mol. The van der Waals surface area contributed by atoms with Crippen molar-refractivity contribution < 1.29 is 9.63 Å². The lowest BCUT2D eigenvalue weighted by Crippen LogP contribution is -2.38. The van der Waals surface area contributed by atoms with Crippen LogP contribution in [0.25, 0.3) is 6.08 Å². The molecule has 1 aromatic carbocycles. The zero-order chi connectivity index (χ0) is 17.4. The zero-order valence-electron chi connectivity index (χ0n) is 13.6. The molecule has 0 unspecified atom stereocenters. The quantitative estimate of drug-likeness (QED) is 0.879. The molecule has 0 aliphatic carbocycles. The molecule has 0 fully saturated rings. The van der Waals surface area contributed by atoms with E-state index < -0.39 is 5.91 Å². The lowest BCUT2D eigenvalue weighted by molar-refractivity contribution is -0.114. The summed E-state index contributed by atoms with van der Waals surface area (Å²) >= 11 is 0. The van der Waals surface area contributed by atoms with Crippen LogP contribution in [-0.2, 0) is 16.2 Å². The van der Waals surface area contributed by atoms with Gasteiger partial charge in [0.1, 0.15) is 5.76 Å². The second kappa shape index (κ2) is 5.90. The van der Waals surface area contributed by atoms with Crippen molar-refractivity contribution in [1.29, 1.82) is 5.41 Å². The number of carbonyl (C=O) groups is 1. The van der Waals surface area contributed by atoms with Gasteiger partial charge in [-0.1, -0.05) is 30.3 Å². The number of hydrogen-bond acceptors (Lipinski definition) is 3. The Labute approximate surface area is 144 Å². The molecule has 2 aliphatic rings. The first-order valence-corrected chi connectivity index (χ1v) is 7.91. The number of hydrogen-bond donors (Lipinski definition) is 1. The molecular formula is C19H16N4O2. The summed E-state index contributed by atoms with van der Waals surface area (Å²) in [5.41, 5.74) is 2.20. The molecule has 1 aromatic heterocycles. The van der Waals surface area contributed by atoms with Crippen molar-refractivity contribution in [1.82, 2.24) is 9.63 Å². The average Bonchev–Trinajstić information content (AvgIpc) is 3.18. The zero-order valence-corrected chi connectivity index (χ0v) is 13.6. The number of amidine groups is 2. The predicted octanol–water partition coefficient (Wildman–Crippen LogP) is 2.99. The van der Waals surface area contributed by atoms with Gasteiger partial charge in [-0.05, 0) is 30.7 Å². The SMILES string of the molecule is CC1=CC2=NC(=O)C(=Cc3cccn3Cc3ccccc3)C(=N)N2O1. The van der Waals surface area contributed by atoms with Crippen LogP contribution in [0.1, 0.15) is 18.2 Å². The molecule has 2 aromatic rings. The molecule has 3 heterocycles. The van der Waals surface area contributed by atoms with E-state index in [1.807, 2.05) is 53.2 Å².